The molecule has 0 aliphatic heterocycles. The van der Waals surface area contributed by atoms with Gasteiger partial charge in [0, 0.05) is 23.8 Å². The molecule has 4 rings (SSSR count). The lowest BCUT2D eigenvalue weighted by Crippen LogP contribution is -2.24. The van der Waals surface area contributed by atoms with Gasteiger partial charge in [-0.05, 0) is 29.7 Å². The minimum absolute atomic E-state index is 0.0824. The first-order valence-electron chi connectivity index (χ1n) is 8.02. The molecule has 2 nitrogen and oxygen atoms in total. The zero-order valence-electron chi connectivity index (χ0n) is 12.8. The minimum atomic E-state index is 0.0824. The van der Waals surface area contributed by atoms with Gasteiger partial charge < -0.3 is 4.42 Å². The van der Waals surface area contributed by atoms with Crippen molar-refractivity contribution in [1.82, 2.24) is 0 Å². The Morgan fingerprint density at radius 3 is 2.74 bits per heavy atom. The van der Waals surface area contributed by atoms with Crippen LogP contribution in [-0.2, 0) is 4.79 Å². The van der Waals surface area contributed by atoms with Crippen LogP contribution in [0.15, 0.2) is 82.5 Å². The van der Waals surface area contributed by atoms with Gasteiger partial charge in [-0.3, -0.25) is 4.79 Å². The van der Waals surface area contributed by atoms with Crippen LogP contribution in [0, 0.1) is 5.92 Å². The Kier molecular flexibility index (Phi) is 3.58. The van der Waals surface area contributed by atoms with Crippen molar-refractivity contribution < 1.29 is 9.21 Å². The topological polar surface area (TPSA) is 30.2 Å². The summed E-state index contributed by atoms with van der Waals surface area (Å²) in [6.07, 6.45) is 11.6. The van der Waals surface area contributed by atoms with Gasteiger partial charge in [-0.15, -0.1) is 0 Å². The molecule has 0 N–H and O–H groups in total. The number of carbonyl (C=O) groups is 1. The van der Waals surface area contributed by atoms with Crippen LogP contribution in [0.2, 0.25) is 0 Å². The Morgan fingerprint density at radius 2 is 1.96 bits per heavy atom. The van der Waals surface area contributed by atoms with Crippen LogP contribution in [0.1, 0.15) is 30.1 Å². The quantitative estimate of drug-likeness (QED) is 0.805. The molecule has 1 heterocycles. The lowest BCUT2D eigenvalue weighted by molar-refractivity contribution is -0.116. The van der Waals surface area contributed by atoms with E-state index >= 15 is 0 Å². The molecular formula is C21H18O2. The third kappa shape index (κ3) is 2.61. The van der Waals surface area contributed by atoms with Crippen molar-refractivity contribution in [3.63, 3.8) is 0 Å². The third-order valence-electron chi connectivity index (χ3n) is 4.71. The molecule has 1 aromatic heterocycles. The van der Waals surface area contributed by atoms with Crippen molar-refractivity contribution >= 4 is 11.9 Å². The molecule has 0 amide bonds. The van der Waals surface area contributed by atoms with E-state index in [1.165, 1.54) is 5.56 Å². The lowest BCUT2D eigenvalue weighted by Gasteiger charge is -2.29. The van der Waals surface area contributed by atoms with Crippen molar-refractivity contribution in [2.75, 3.05) is 0 Å². The van der Waals surface area contributed by atoms with Gasteiger partial charge in [0.05, 0.1) is 6.26 Å². The highest BCUT2D eigenvalue weighted by molar-refractivity contribution is 5.99. The Balaban J connectivity index is 1.73. The molecule has 2 aromatic rings. The van der Waals surface area contributed by atoms with Gasteiger partial charge in [0.1, 0.15) is 5.76 Å². The van der Waals surface area contributed by atoms with E-state index in [0.29, 0.717) is 6.42 Å². The van der Waals surface area contributed by atoms with Gasteiger partial charge in [0.15, 0.2) is 5.78 Å². The van der Waals surface area contributed by atoms with Gasteiger partial charge in [-0.25, -0.2) is 0 Å². The highest BCUT2D eigenvalue weighted by Gasteiger charge is 2.36. The van der Waals surface area contributed by atoms with Crippen molar-refractivity contribution in [1.29, 1.82) is 0 Å². The zero-order valence-corrected chi connectivity index (χ0v) is 12.8. The molecule has 0 spiro atoms. The number of carbonyl (C=O) groups excluding carboxylic acids is 1. The Bertz CT molecular complexity index is 792. The van der Waals surface area contributed by atoms with Gasteiger partial charge in [0.2, 0.25) is 0 Å². The van der Waals surface area contributed by atoms with Crippen LogP contribution in [0.5, 0.6) is 0 Å². The SMILES string of the molecule is O=C1CC(c2ccco2)C(/C=C/c2ccccc2)C2=C1CC=C2. The summed E-state index contributed by atoms with van der Waals surface area (Å²) in [5.74, 6) is 1.43. The Morgan fingerprint density at radius 1 is 1.09 bits per heavy atom. The molecule has 0 bridgehead atoms. The number of rotatable bonds is 3. The monoisotopic (exact) mass is 302 g/mol. The standard InChI is InChI=1S/C21H18O2/c22-20-14-19(21-10-5-13-23-21)17(16-8-4-9-18(16)20)12-11-15-6-2-1-3-7-15/h1-8,10-13,17,19H,9,14H2/b12-11+. The average molecular weight is 302 g/mol. The second-order valence-corrected chi connectivity index (χ2v) is 6.09. The van der Waals surface area contributed by atoms with Gasteiger partial charge in [-0.2, -0.15) is 0 Å². The highest BCUT2D eigenvalue weighted by Crippen LogP contribution is 2.44. The summed E-state index contributed by atoms with van der Waals surface area (Å²) < 4.78 is 5.62. The second kappa shape index (κ2) is 5.88. The maximum atomic E-state index is 12.4. The summed E-state index contributed by atoms with van der Waals surface area (Å²) in [6, 6.07) is 14.1. The number of Topliss-reactive ketones (excluding diaryl/α,β-unsaturated/α-hetero) is 1. The first kappa shape index (κ1) is 14.0. The predicted octanol–water partition coefficient (Wildman–Crippen LogP) is 4.92. The van der Waals surface area contributed by atoms with Gasteiger partial charge in [-0.1, -0.05) is 54.6 Å². The Hall–Kier alpha value is -2.61. The molecule has 2 aliphatic rings. The molecule has 23 heavy (non-hydrogen) atoms. The smallest absolute Gasteiger partial charge is 0.160 e. The van der Waals surface area contributed by atoms with E-state index in [1.54, 1.807) is 6.26 Å². The summed E-state index contributed by atoms with van der Waals surface area (Å²) in [5.41, 5.74) is 3.32. The molecule has 2 unspecified atom stereocenters. The Labute approximate surface area is 135 Å². The summed E-state index contributed by atoms with van der Waals surface area (Å²) >= 11 is 0. The molecular weight excluding hydrogens is 284 g/mol. The maximum absolute atomic E-state index is 12.4. The van der Waals surface area contributed by atoms with Crippen molar-refractivity contribution in [3.05, 3.63) is 89.4 Å². The first-order chi connectivity index (χ1) is 11.3. The molecule has 2 heteroatoms. The average Bonchev–Trinajstić information content (AvgIpc) is 3.26. The normalized spacial score (nSPS) is 23.7. The third-order valence-corrected chi connectivity index (χ3v) is 4.71. The molecule has 0 radical (unpaired) electrons. The van der Waals surface area contributed by atoms with E-state index in [0.717, 1.165) is 23.3 Å². The number of hydrogen-bond acceptors (Lipinski definition) is 2. The van der Waals surface area contributed by atoms with E-state index in [2.05, 4.69) is 36.4 Å². The lowest BCUT2D eigenvalue weighted by atomic mass is 9.74. The molecule has 2 atom stereocenters. The van der Waals surface area contributed by atoms with E-state index in [-0.39, 0.29) is 17.6 Å². The van der Waals surface area contributed by atoms with Crippen LogP contribution in [0.4, 0.5) is 0 Å². The fraction of sp³-hybridized carbons (Fsp3) is 0.190. The van der Waals surface area contributed by atoms with Gasteiger partial charge >= 0.3 is 0 Å². The van der Waals surface area contributed by atoms with Crippen LogP contribution >= 0.6 is 0 Å². The van der Waals surface area contributed by atoms with E-state index < -0.39 is 0 Å². The molecule has 0 saturated carbocycles. The molecule has 1 aromatic carbocycles. The van der Waals surface area contributed by atoms with Crippen LogP contribution in [0.3, 0.4) is 0 Å². The summed E-state index contributed by atoms with van der Waals surface area (Å²) in [5, 5.41) is 0. The minimum Gasteiger partial charge on any atom is -0.469 e. The first-order valence-corrected chi connectivity index (χ1v) is 8.02. The van der Waals surface area contributed by atoms with Crippen molar-refractivity contribution in [2.45, 2.75) is 18.8 Å². The molecule has 2 aliphatic carbocycles. The van der Waals surface area contributed by atoms with Crippen LogP contribution in [0.25, 0.3) is 6.08 Å². The van der Waals surface area contributed by atoms with Crippen molar-refractivity contribution in [3.8, 4) is 0 Å². The van der Waals surface area contributed by atoms with Crippen LogP contribution < -0.4 is 0 Å². The number of furan rings is 1. The molecule has 114 valence electrons. The highest BCUT2D eigenvalue weighted by atomic mass is 16.3. The number of hydrogen-bond donors (Lipinski definition) is 0. The van der Waals surface area contributed by atoms with E-state index in [9.17, 15) is 4.79 Å². The van der Waals surface area contributed by atoms with Gasteiger partial charge in [0.25, 0.3) is 0 Å². The van der Waals surface area contributed by atoms with Crippen molar-refractivity contribution in [2.24, 2.45) is 5.92 Å². The second-order valence-electron chi connectivity index (χ2n) is 6.09. The number of ketones is 1. The fourth-order valence-corrected chi connectivity index (χ4v) is 3.57. The zero-order chi connectivity index (χ0) is 15.6. The summed E-state index contributed by atoms with van der Waals surface area (Å²) in [4.78, 5) is 12.4. The number of allylic oxidation sites excluding steroid dienone is 5. The molecule has 0 fully saturated rings. The largest absolute Gasteiger partial charge is 0.469 e. The fourth-order valence-electron chi connectivity index (χ4n) is 3.57. The number of benzene rings is 1. The summed E-state index contributed by atoms with van der Waals surface area (Å²) in [6.45, 7) is 0. The van der Waals surface area contributed by atoms with E-state index in [4.69, 9.17) is 4.42 Å². The summed E-state index contributed by atoms with van der Waals surface area (Å²) in [7, 11) is 0. The maximum Gasteiger partial charge on any atom is 0.160 e. The van der Waals surface area contributed by atoms with E-state index in [1.807, 2.05) is 30.3 Å². The molecule has 0 saturated heterocycles. The predicted molar refractivity (Wildman–Crippen MR) is 90.8 cm³/mol. The van der Waals surface area contributed by atoms with Crippen LogP contribution in [-0.4, -0.2) is 5.78 Å².